The quantitative estimate of drug-likeness (QED) is 0.877. The second-order valence-electron chi connectivity index (χ2n) is 5.10. The summed E-state index contributed by atoms with van der Waals surface area (Å²) in [7, 11) is 0. The van der Waals surface area contributed by atoms with E-state index in [9.17, 15) is 0 Å². The van der Waals surface area contributed by atoms with Crippen LogP contribution in [0.1, 0.15) is 37.5 Å². The molecule has 2 rings (SSSR count). The maximum atomic E-state index is 5.59. The summed E-state index contributed by atoms with van der Waals surface area (Å²) < 4.78 is 5.34. The number of hydrogen-bond donors (Lipinski definition) is 1. The maximum absolute atomic E-state index is 5.59. The third kappa shape index (κ3) is 2.96. The molecule has 0 saturated heterocycles. The van der Waals surface area contributed by atoms with Gasteiger partial charge >= 0.3 is 0 Å². The van der Waals surface area contributed by atoms with Gasteiger partial charge in [-0.05, 0) is 18.5 Å². The van der Waals surface area contributed by atoms with Crippen LogP contribution in [0.2, 0.25) is 0 Å². The van der Waals surface area contributed by atoms with E-state index in [4.69, 9.17) is 10.3 Å². The van der Waals surface area contributed by atoms with Gasteiger partial charge in [-0.15, -0.1) is 0 Å². The largest absolute Gasteiger partial charge is 0.339 e. The Kier molecular flexibility index (Phi) is 3.77. The van der Waals surface area contributed by atoms with Crippen molar-refractivity contribution in [2.75, 3.05) is 6.54 Å². The number of rotatable bonds is 5. The molecule has 0 bridgehead atoms. The molecule has 0 aliphatic heterocycles. The van der Waals surface area contributed by atoms with Crippen molar-refractivity contribution in [2.45, 2.75) is 32.1 Å². The maximum Gasteiger partial charge on any atom is 0.232 e. The van der Waals surface area contributed by atoms with E-state index in [1.54, 1.807) is 0 Å². The first kappa shape index (κ1) is 12.8. The average Bonchev–Trinajstić information content (AvgIpc) is 2.79. The summed E-state index contributed by atoms with van der Waals surface area (Å²) >= 11 is 0. The third-order valence-corrected chi connectivity index (χ3v) is 3.02. The SMILES string of the molecule is CC(C)(CCN)c1nc(Cc2ccccc2)no1. The Hall–Kier alpha value is -1.68. The summed E-state index contributed by atoms with van der Waals surface area (Å²) in [6.07, 6.45) is 1.53. The minimum absolute atomic E-state index is 0.156. The highest BCUT2D eigenvalue weighted by Crippen LogP contribution is 2.24. The van der Waals surface area contributed by atoms with Crippen LogP contribution in [0.3, 0.4) is 0 Å². The van der Waals surface area contributed by atoms with E-state index in [-0.39, 0.29) is 5.41 Å². The lowest BCUT2D eigenvalue weighted by Crippen LogP contribution is -2.22. The van der Waals surface area contributed by atoms with E-state index in [1.165, 1.54) is 5.56 Å². The number of aromatic nitrogens is 2. The van der Waals surface area contributed by atoms with Gasteiger partial charge in [0.2, 0.25) is 5.89 Å². The van der Waals surface area contributed by atoms with Gasteiger partial charge in [0.15, 0.2) is 5.82 Å². The van der Waals surface area contributed by atoms with E-state index in [0.29, 0.717) is 18.9 Å². The van der Waals surface area contributed by atoms with Gasteiger partial charge in [0.1, 0.15) is 0 Å². The summed E-state index contributed by atoms with van der Waals surface area (Å²) in [5.41, 5.74) is 6.62. The third-order valence-electron chi connectivity index (χ3n) is 3.02. The van der Waals surface area contributed by atoms with Crippen molar-refractivity contribution < 1.29 is 4.52 Å². The number of nitrogens with two attached hydrogens (primary N) is 1. The molecule has 1 aromatic carbocycles. The molecular weight excluding hydrogens is 226 g/mol. The highest BCUT2D eigenvalue weighted by molar-refractivity contribution is 5.18. The first-order valence-corrected chi connectivity index (χ1v) is 6.19. The highest BCUT2D eigenvalue weighted by Gasteiger charge is 2.26. The summed E-state index contributed by atoms with van der Waals surface area (Å²) in [5.74, 6) is 1.39. The van der Waals surface area contributed by atoms with Gasteiger partial charge < -0.3 is 10.3 Å². The number of benzene rings is 1. The topological polar surface area (TPSA) is 64.9 Å². The standard InChI is InChI=1S/C14H19N3O/c1-14(2,8-9-15)13-16-12(17-18-13)10-11-6-4-3-5-7-11/h3-7H,8-10,15H2,1-2H3. The molecule has 1 aromatic heterocycles. The lowest BCUT2D eigenvalue weighted by Gasteiger charge is -2.17. The second-order valence-corrected chi connectivity index (χ2v) is 5.10. The zero-order valence-electron chi connectivity index (χ0n) is 10.9. The molecule has 0 amide bonds. The number of hydrogen-bond acceptors (Lipinski definition) is 4. The smallest absolute Gasteiger partial charge is 0.232 e. The van der Waals surface area contributed by atoms with Gasteiger partial charge in [-0.2, -0.15) is 4.98 Å². The van der Waals surface area contributed by atoms with Gasteiger partial charge in [-0.3, -0.25) is 0 Å². The number of nitrogens with zero attached hydrogens (tertiary/aromatic N) is 2. The summed E-state index contributed by atoms with van der Waals surface area (Å²) in [4.78, 5) is 4.46. The fraction of sp³-hybridized carbons (Fsp3) is 0.429. The van der Waals surface area contributed by atoms with Crippen molar-refractivity contribution in [3.63, 3.8) is 0 Å². The molecule has 2 aromatic rings. The summed E-state index contributed by atoms with van der Waals surface area (Å²) in [5, 5.41) is 4.03. The molecular formula is C14H19N3O. The summed E-state index contributed by atoms with van der Waals surface area (Å²) in [6.45, 7) is 4.75. The molecule has 0 aliphatic carbocycles. The molecule has 96 valence electrons. The summed E-state index contributed by atoms with van der Waals surface area (Å²) in [6, 6.07) is 10.1. The van der Waals surface area contributed by atoms with Gasteiger partial charge in [0.05, 0.1) is 0 Å². The monoisotopic (exact) mass is 245 g/mol. The first-order chi connectivity index (χ1) is 8.62. The second kappa shape index (κ2) is 5.31. The molecule has 0 fully saturated rings. The molecule has 0 aliphatic rings. The fourth-order valence-electron chi connectivity index (χ4n) is 1.85. The van der Waals surface area contributed by atoms with Crippen molar-refractivity contribution in [2.24, 2.45) is 5.73 Å². The van der Waals surface area contributed by atoms with Gasteiger partial charge in [-0.25, -0.2) is 0 Å². The van der Waals surface area contributed by atoms with E-state index in [0.717, 1.165) is 12.2 Å². The van der Waals surface area contributed by atoms with Crippen LogP contribution in [0.25, 0.3) is 0 Å². The average molecular weight is 245 g/mol. The van der Waals surface area contributed by atoms with Crippen LogP contribution in [0.5, 0.6) is 0 Å². The normalized spacial score (nSPS) is 11.7. The molecule has 0 atom stereocenters. The Morgan fingerprint density at radius 1 is 1.22 bits per heavy atom. The van der Waals surface area contributed by atoms with Crippen LogP contribution >= 0.6 is 0 Å². The van der Waals surface area contributed by atoms with Gasteiger partial charge in [0.25, 0.3) is 0 Å². The van der Waals surface area contributed by atoms with Crippen LogP contribution in [0.4, 0.5) is 0 Å². The predicted octanol–water partition coefficient (Wildman–Crippen LogP) is 2.29. The zero-order chi connectivity index (χ0) is 13.0. The van der Waals surface area contributed by atoms with E-state index < -0.39 is 0 Å². The molecule has 4 heteroatoms. The Bertz CT molecular complexity index is 491. The van der Waals surface area contributed by atoms with Crippen LogP contribution in [-0.2, 0) is 11.8 Å². The zero-order valence-corrected chi connectivity index (χ0v) is 10.9. The molecule has 0 spiro atoms. The minimum Gasteiger partial charge on any atom is -0.339 e. The molecule has 1 heterocycles. The Labute approximate surface area is 107 Å². The molecule has 0 saturated carbocycles. The molecule has 0 unspecified atom stereocenters. The van der Waals surface area contributed by atoms with Gasteiger partial charge in [0, 0.05) is 11.8 Å². The molecule has 2 N–H and O–H groups in total. The Balaban J connectivity index is 2.11. The van der Waals surface area contributed by atoms with Crippen molar-refractivity contribution in [3.05, 3.63) is 47.6 Å². The van der Waals surface area contributed by atoms with Crippen LogP contribution in [0.15, 0.2) is 34.9 Å². The fourth-order valence-corrected chi connectivity index (χ4v) is 1.85. The van der Waals surface area contributed by atoms with Crippen LogP contribution < -0.4 is 5.73 Å². The van der Waals surface area contributed by atoms with Crippen molar-refractivity contribution in [1.29, 1.82) is 0 Å². The predicted molar refractivity (Wildman–Crippen MR) is 70.2 cm³/mol. The Morgan fingerprint density at radius 2 is 1.94 bits per heavy atom. The van der Waals surface area contributed by atoms with E-state index in [1.807, 2.05) is 18.2 Å². The van der Waals surface area contributed by atoms with Crippen molar-refractivity contribution in [3.8, 4) is 0 Å². The van der Waals surface area contributed by atoms with E-state index in [2.05, 4.69) is 36.1 Å². The van der Waals surface area contributed by atoms with Crippen LogP contribution in [-0.4, -0.2) is 16.7 Å². The van der Waals surface area contributed by atoms with Gasteiger partial charge in [-0.1, -0.05) is 49.3 Å². The lowest BCUT2D eigenvalue weighted by molar-refractivity contribution is 0.296. The van der Waals surface area contributed by atoms with Crippen LogP contribution in [0, 0.1) is 0 Å². The lowest BCUT2D eigenvalue weighted by atomic mass is 9.89. The molecule has 4 nitrogen and oxygen atoms in total. The molecule has 0 radical (unpaired) electrons. The Morgan fingerprint density at radius 3 is 2.61 bits per heavy atom. The highest BCUT2D eigenvalue weighted by atomic mass is 16.5. The minimum atomic E-state index is -0.156. The van der Waals surface area contributed by atoms with Crippen molar-refractivity contribution in [1.82, 2.24) is 10.1 Å². The first-order valence-electron chi connectivity index (χ1n) is 6.19. The van der Waals surface area contributed by atoms with E-state index >= 15 is 0 Å². The molecule has 18 heavy (non-hydrogen) atoms. The van der Waals surface area contributed by atoms with Crippen molar-refractivity contribution >= 4 is 0 Å².